The molecule has 0 heterocycles. The molecular weight excluding hydrogens is 585 g/mol. The van der Waals surface area contributed by atoms with Gasteiger partial charge >= 0.3 is 21.3 Å². The van der Waals surface area contributed by atoms with Gasteiger partial charge in [0.2, 0.25) is 0 Å². The van der Waals surface area contributed by atoms with Gasteiger partial charge in [0.25, 0.3) is 0 Å². The van der Waals surface area contributed by atoms with Gasteiger partial charge in [-0.25, -0.2) is 0 Å². The van der Waals surface area contributed by atoms with Crippen molar-refractivity contribution in [3.8, 4) is 22.3 Å². The molecule has 0 unspecified atom stereocenters. The summed E-state index contributed by atoms with van der Waals surface area (Å²) in [6.07, 6.45) is 4.49. The molecule has 224 valence electrons. The van der Waals surface area contributed by atoms with Crippen LogP contribution < -0.4 is 0 Å². The average molecular weight is 619 g/mol. The van der Waals surface area contributed by atoms with Crippen LogP contribution in [0.25, 0.3) is 22.3 Å². The SMILES string of the molecule is FSc1cccc(-c2ccccc2)c1-c1ccccc1.O=C(OCCC(F)(F)S(=O)(=O)O)C12CC3CC(CC(C3)C1)C2. The summed E-state index contributed by atoms with van der Waals surface area (Å²) in [5.74, 6) is 1.10. The molecule has 7 rings (SSSR count). The van der Waals surface area contributed by atoms with Crippen molar-refractivity contribution in [1.82, 2.24) is 0 Å². The second-order valence-corrected chi connectivity index (χ2v) is 13.8. The molecule has 10 heteroatoms. The van der Waals surface area contributed by atoms with E-state index in [4.69, 9.17) is 9.29 Å². The first kappa shape index (κ1) is 30.6. The molecule has 1 N–H and O–H groups in total. The number of esters is 1. The van der Waals surface area contributed by atoms with Crippen LogP contribution in [-0.4, -0.2) is 30.8 Å². The first-order chi connectivity index (χ1) is 20.0. The molecule has 3 aromatic carbocycles. The van der Waals surface area contributed by atoms with Crippen LogP contribution in [0.4, 0.5) is 12.7 Å². The Bertz CT molecular complexity index is 1460. The Morgan fingerprint density at radius 2 is 1.38 bits per heavy atom. The number of alkyl halides is 2. The molecule has 0 saturated heterocycles. The van der Waals surface area contributed by atoms with E-state index in [1.54, 1.807) is 0 Å². The molecule has 0 aromatic heterocycles. The molecule has 0 atom stereocenters. The Hall–Kier alpha value is -2.82. The molecule has 4 saturated carbocycles. The van der Waals surface area contributed by atoms with E-state index in [2.05, 4.69) is 12.1 Å². The van der Waals surface area contributed by atoms with Crippen molar-refractivity contribution in [3.05, 3.63) is 78.9 Å². The summed E-state index contributed by atoms with van der Waals surface area (Å²) in [4.78, 5) is 13.0. The second-order valence-electron chi connectivity index (χ2n) is 11.7. The maximum absolute atomic E-state index is 13.3. The minimum Gasteiger partial charge on any atom is -0.465 e. The number of hydrogen-bond donors (Lipinski definition) is 1. The number of rotatable bonds is 8. The van der Waals surface area contributed by atoms with E-state index in [-0.39, 0.29) is 0 Å². The highest BCUT2D eigenvalue weighted by Crippen LogP contribution is 2.60. The monoisotopic (exact) mass is 618 g/mol. The van der Waals surface area contributed by atoms with Crippen LogP contribution in [0.1, 0.15) is 44.9 Å². The lowest BCUT2D eigenvalue weighted by Gasteiger charge is -2.55. The van der Waals surface area contributed by atoms with E-state index in [9.17, 15) is 25.9 Å². The Morgan fingerprint density at radius 3 is 1.88 bits per heavy atom. The lowest BCUT2D eigenvalue weighted by molar-refractivity contribution is -0.172. The summed E-state index contributed by atoms with van der Waals surface area (Å²) in [5.41, 5.74) is 3.59. The third-order valence-corrected chi connectivity index (χ3v) is 10.2. The molecule has 4 aliphatic carbocycles. The largest absolute Gasteiger partial charge is 0.465 e. The van der Waals surface area contributed by atoms with Gasteiger partial charge in [-0.15, -0.1) is 0 Å². The minimum atomic E-state index is -5.47. The van der Waals surface area contributed by atoms with Crippen LogP contribution in [0.5, 0.6) is 0 Å². The number of hydrogen-bond acceptors (Lipinski definition) is 5. The quantitative estimate of drug-likeness (QED) is 0.201. The van der Waals surface area contributed by atoms with Gasteiger partial charge in [0.15, 0.2) is 0 Å². The molecule has 0 aliphatic heterocycles. The smallest absolute Gasteiger partial charge is 0.373 e. The van der Waals surface area contributed by atoms with E-state index in [0.717, 1.165) is 60.8 Å². The van der Waals surface area contributed by atoms with Gasteiger partial charge in [0, 0.05) is 10.5 Å². The molecule has 3 aromatic rings. The highest BCUT2D eigenvalue weighted by atomic mass is 32.2. The first-order valence-electron chi connectivity index (χ1n) is 14.1. The van der Waals surface area contributed by atoms with E-state index in [0.29, 0.717) is 34.8 Å². The zero-order chi connectivity index (χ0) is 30.0. The zero-order valence-electron chi connectivity index (χ0n) is 22.9. The van der Waals surface area contributed by atoms with Crippen LogP contribution in [-0.2, 0) is 19.6 Å². The van der Waals surface area contributed by atoms with E-state index < -0.39 is 39.8 Å². The molecule has 42 heavy (non-hydrogen) atoms. The Kier molecular flexibility index (Phi) is 9.06. The standard InChI is InChI=1S/C18H13FS.C14H20F2O5S/c19-20-17-13-7-12-16(14-8-3-1-4-9-14)18(17)15-10-5-2-6-11-15;15-14(16,22(18,19)20)1-2-21-12(17)13-6-9-3-10(7-13)5-11(4-9)8-13/h1-13H;9-11H,1-8H2,(H,18,19,20). The minimum absolute atomic E-state index is 0.299. The van der Waals surface area contributed by atoms with Gasteiger partial charge < -0.3 is 4.74 Å². The topological polar surface area (TPSA) is 80.7 Å². The van der Waals surface area contributed by atoms with Gasteiger partial charge in [0.05, 0.1) is 30.6 Å². The fourth-order valence-electron chi connectivity index (χ4n) is 7.26. The number of carbonyl (C=O) groups excluding carboxylic acids is 1. The Morgan fingerprint density at radius 1 is 0.857 bits per heavy atom. The van der Waals surface area contributed by atoms with Crippen LogP contribution in [0, 0.1) is 23.2 Å². The molecule has 0 radical (unpaired) electrons. The maximum atomic E-state index is 13.3. The highest BCUT2D eigenvalue weighted by Gasteiger charge is 2.55. The van der Waals surface area contributed by atoms with Gasteiger partial charge in [-0.3, -0.25) is 9.35 Å². The van der Waals surface area contributed by atoms with Crippen LogP contribution >= 0.6 is 12.1 Å². The summed E-state index contributed by atoms with van der Waals surface area (Å²) >= 11 is 0.299. The van der Waals surface area contributed by atoms with Gasteiger partial charge in [0.1, 0.15) is 0 Å². The predicted octanol–water partition coefficient (Wildman–Crippen LogP) is 8.61. The molecule has 4 bridgehead atoms. The molecule has 4 fully saturated rings. The number of carbonyl (C=O) groups is 1. The fraction of sp³-hybridized carbons (Fsp3) is 0.406. The van der Waals surface area contributed by atoms with Gasteiger partial charge in [-0.05, 0) is 79.0 Å². The Labute approximate surface area is 248 Å². The highest BCUT2D eigenvalue weighted by molar-refractivity contribution is 7.94. The third-order valence-electron chi connectivity index (χ3n) is 8.73. The van der Waals surface area contributed by atoms with E-state index in [1.807, 2.05) is 66.7 Å². The zero-order valence-corrected chi connectivity index (χ0v) is 24.6. The van der Waals surface area contributed by atoms with Crippen LogP contribution in [0.2, 0.25) is 0 Å². The van der Waals surface area contributed by atoms with Crippen molar-refractivity contribution in [2.75, 3.05) is 6.61 Å². The summed E-state index contributed by atoms with van der Waals surface area (Å²) in [5, 5.41) is -4.28. The number of ether oxygens (including phenoxy) is 1. The molecule has 0 amide bonds. The van der Waals surface area contributed by atoms with Gasteiger partial charge in [-0.1, -0.05) is 72.8 Å². The van der Waals surface area contributed by atoms with Crippen molar-refractivity contribution in [2.45, 2.75) is 55.1 Å². The van der Waals surface area contributed by atoms with Crippen molar-refractivity contribution in [3.63, 3.8) is 0 Å². The van der Waals surface area contributed by atoms with E-state index >= 15 is 0 Å². The normalized spacial score (nSPS) is 24.5. The van der Waals surface area contributed by atoms with Crippen LogP contribution in [0.15, 0.2) is 83.8 Å². The summed E-state index contributed by atoms with van der Waals surface area (Å²) < 4.78 is 73.9. The lowest BCUT2D eigenvalue weighted by atomic mass is 9.49. The molecule has 4 aliphatic rings. The molecule has 5 nitrogen and oxygen atoms in total. The summed E-state index contributed by atoms with van der Waals surface area (Å²) in [6, 6.07) is 25.8. The first-order valence-corrected chi connectivity index (χ1v) is 16.2. The van der Waals surface area contributed by atoms with E-state index in [1.165, 1.54) is 0 Å². The Balaban J connectivity index is 0.000000169. The fourth-order valence-corrected chi connectivity index (χ4v) is 8.04. The van der Waals surface area contributed by atoms with Crippen LogP contribution in [0.3, 0.4) is 0 Å². The number of halogens is 3. The summed E-state index contributed by atoms with van der Waals surface area (Å²) in [7, 11) is -5.47. The average Bonchev–Trinajstić information content (AvgIpc) is 2.96. The summed E-state index contributed by atoms with van der Waals surface area (Å²) in [6.45, 7) is -0.701. The van der Waals surface area contributed by atoms with Crippen molar-refractivity contribution < 1.29 is 35.2 Å². The molecular formula is C32H33F3O5S2. The maximum Gasteiger partial charge on any atom is 0.373 e. The van der Waals surface area contributed by atoms with Gasteiger partial charge in [-0.2, -0.15) is 21.1 Å². The lowest BCUT2D eigenvalue weighted by Crippen LogP contribution is -2.50. The second kappa shape index (κ2) is 12.4. The number of benzene rings is 3. The van der Waals surface area contributed by atoms with Crippen molar-refractivity contribution in [2.24, 2.45) is 23.2 Å². The van der Waals surface area contributed by atoms with Crippen molar-refractivity contribution >= 4 is 28.2 Å². The van der Waals surface area contributed by atoms with Crippen molar-refractivity contribution in [1.29, 1.82) is 0 Å². The predicted molar refractivity (Wildman–Crippen MR) is 157 cm³/mol. The third kappa shape index (κ3) is 6.55. The molecule has 0 spiro atoms.